The van der Waals surface area contributed by atoms with Gasteiger partial charge >= 0.3 is 6.01 Å². The summed E-state index contributed by atoms with van der Waals surface area (Å²) in [4.78, 5) is 27.6. The van der Waals surface area contributed by atoms with E-state index >= 15 is 8.78 Å². The number of phenolic OH excluding ortho intramolecular Hbond substituents is 1. The number of halogens is 2. The first-order valence-electron chi connectivity index (χ1n) is 17.1. The van der Waals surface area contributed by atoms with Gasteiger partial charge in [-0.1, -0.05) is 18.1 Å². The number of hydrogen-bond donors (Lipinski definition) is 2. The minimum Gasteiger partial charge on any atom is -0.508 e. The summed E-state index contributed by atoms with van der Waals surface area (Å²) in [5, 5.41) is 15.5. The molecule has 11 heteroatoms. The summed E-state index contributed by atoms with van der Waals surface area (Å²) in [6, 6.07) is 10.2. The molecule has 3 atom stereocenters. The van der Waals surface area contributed by atoms with Crippen LogP contribution in [0.3, 0.4) is 0 Å². The van der Waals surface area contributed by atoms with Gasteiger partial charge in [-0.25, -0.2) is 8.78 Å². The molecule has 4 heterocycles. The van der Waals surface area contributed by atoms with Gasteiger partial charge in [0.25, 0.3) is 0 Å². The largest absolute Gasteiger partial charge is 0.508 e. The minimum absolute atomic E-state index is 0.0449. The molecule has 1 aliphatic carbocycles. The van der Waals surface area contributed by atoms with E-state index in [0.29, 0.717) is 41.9 Å². The van der Waals surface area contributed by atoms with E-state index in [2.05, 4.69) is 26.0 Å². The predicted octanol–water partition coefficient (Wildman–Crippen LogP) is 5.07. The lowest BCUT2D eigenvalue weighted by atomic mass is 9.93. The summed E-state index contributed by atoms with van der Waals surface area (Å²) in [7, 11) is 1.86. The van der Waals surface area contributed by atoms with E-state index in [1.165, 1.54) is 18.2 Å². The molecule has 254 valence electrons. The lowest BCUT2D eigenvalue weighted by molar-refractivity contribution is -0.129. The van der Waals surface area contributed by atoms with Gasteiger partial charge in [-0.3, -0.25) is 4.79 Å². The molecule has 0 radical (unpaired) electrons. The Bertz CT molecular complexity index is 2020. The molecular formula is C38H40F2N6O3. The summed E-state index contributed by atoms with van der Waals surface area (Å²) in [6.07, 6.45) is 10.8. The maximum Gasteiger partial charge on any atom is 0.319 e. The van der Waals surface area contributed by atoms with Crippen molar-refractivity contribution < 1.29 is 23.4 Å². The van der Waals surface area contributed by atoms with Crippen molar-refractivity contribution in [2.75, 3.05) is 51.3 Å². The van der Waals surface area contributed by atoms with Crippen molar-refractivity contribution in [3.05, 3.63) is 53.6 Å². The quantitative estimate of drug-likeness (QED) is 0.252. The van der Waals surface area contributed by atoms with Crippen LogP contribution in [0, 0.1) is 29.4 Å². The standard InChI is InChI=1S/C38H40F2N6O3/c1-4-23-6-5-7-24-14-28(48)15-29(32(23)24)33-31(39)16-30-35(34(33)40)42-37(43-36(30)46-17-25-8-9-26(18-46)41-25)49-21-38(11-12-38)20-45-13-10-27(19-45)44(3)22(2)47/h1,5-7,14-16,25-27,41,48H,8-13,17-21H2,2-3H3/t25?,26?,27-/m0/s1. The fourth-order valence-corrected chi connectivity index (χ4v) is 8.16. The van der Waals surface area contributed by atoms with Crippen molar-refractivity contribution in [3.8, 4) is 35.2 Å². The molecule has 9 nitrogen and oxygen atoms in total. The fraction of sp³-hybridized carbons (Fsp3) is 0.447. The summed E-state index contributed by atoms with van der Waals surface area (Å²) >= 11 is 0. The number of anilines is 1. The Morgan fingerprint density at radius 1 is 1.14 bits per heavy atom. The number of fused-ring (bicyclic) bond motifs is 4. The molecule has 1 amide bonds. The molecule has 2 unspecified atom stereocenters. The number of terminal acetylenes is 1. The van der Waals surface area contributed by atoms with Gasteiger partial charge in [0.05, 0.1) is 12.2 Å². The van der Waals surface area contributed by atoms with Crippen LogP contribution in [0.2, 0.25) is 0 Å². The third-order valence-electron chi connectivity index (χ3n) is 11.1. The molecule has 3 saturated heterocycles. The number of benzene rings is 3. The summed E-state index contributed by atoms with van der Waals surface area (Å²) < 4.78 is 39.6. The van der Waals surface area contributed by atoms with E-state index in [4.69, 9.17) is 16.1 Å². The number of rotatable bonds is 8. The molecule has 4 fully saturated rings. The topological polar surface area (TPSA) is 94.1 Å². The van der Waals surface area contributed by atoms with Crippen molar-refractivity contribution in [2.24, 2.45) is 5.41 Å². The summed E-state index contributed by atoms with van der Waals surface area (Å²) in [5.74, 6) is 1.35. The van der Waals surface area contributed by atoms with Gasteiger partial charge in [0.2, 0.25) is 5.91 Å². The predicted molar refractivity (Wildman–Crippen MR) is 185 cm³/mol. The molecule has 49 heavy (non-hydrogen) atoms. The molecule has 1 aromatic heterocycles. The average molecular weight is 667 g/mol. The van der Waals surface area contributed by atoms with Crippen LogP contribution < -0.4 is 15.0 Å². The van der Waals surface area contributed by atoms with E-state index in [-0.39, 0.29) is 63.2 Å². The van der Waals surface area contributed by atoms with Crippen LogP contribution in [0.25, 0.3) is 32.8 Å². The second kappa shape index (κ2) is 12.1. The normalized spacial score (nSPS) is 22.8. The number of piperazine rings is 1. The zero-order valence-electron chi connectivity index (χ0n) is 27.8. The van der Waals surface area contributed by atoms with Gasteiger partial charge in [0.15, 0.2) is 5.82 Å². The maximum absolute atomic E-state index is 16.9. The third-order valence-corrected chi connectivity index (χ3v) is 11.1. The average Bonchev–Trinajstić information content (AvgIpc) is 3.54. The Morgan fingerprint density at radius 3 is 2.63 bits per heavy atom. The first-order chi connectivity index (χ1) is 23.6. The maximum atomic E-state index is 16.9. The first kappa shape index (κ1) is 31.7. The van der Waals surface area contributed by atoms with Crippen LogP contribution in [-0.4, -0.2) is 95.3 Å². The van der Waals surface area contributed by atoms with Crippen LogP contribution >= 0.6 is 0 Å². The molecule has 0 spiro atoms. The number of carbonyl (C=O) groups is 1. The number of likely N-dealkylation sites (N-methyl/N-ethyl adjacent to an activating group) is 1. The van der Waals surface area contributed by atoms with Crippen LogP contribution in [0.4, 0.5) is 14.6 Å². The minimum atomic E-state index is -0.862. The Balaban J connectivity index is 1.17. The number of likely N-dealkylation sites (tertiary alicyclic amines) is 1. The van der Waals surface area contributed by atoms with Crippen molar-refractivity contribution in [3.63, 3.8) is 0 Å². The number of ether oxygens (including phenoxy) is 1. The Kier molecular flexibility index (Phi) is 7.84. The van der Waals surface area contributed by atoms with E-state index in [1.54, 1.807) is 25.1 Å². The molecule has 3 aromatic carbocycles. The second-order valence-corrected chi connectivity index (χ2v) is 14.5. The third kappa shape index (κ3) is 5.81. The highest BCUT2D eigenvalue weighted by Gasteiger charge is 2.46. The lowest BCUT2D eigenvalue weighted by Crippen LogP contribution is -2.51. The zero-order valence-corrected chi connectivity index (χ0v) is 27.8. The number of aromatic hydroxyl groups is 1. The van der Waals surface area contributed by atoms with Crippen molar-refractivity contribution >= 4 is 33.4 Å². The van der Waals surface area contributed by atoms with Gasteiger partial charge in [0.1, 0.15) is 22.9 Å². The molecule has 2 N–H and O–H groups in total. The summed E-state index contributed by atoms with van der Waals surface area (Å²) in [5.41, 5.74) is 0.178. The molecule has 4 aromatic rings. The molecule has 8 rings (SSSR count). The van der Waals surface area contributed by atoms with E-state index in [9.17, 15) is 9.90 Å². The smallest absolute Gasteiger partial charge is 0.319 e. The van der Waals surface area contributed by atoms with Gasteiger partial charge in [0, 0.05) is 92.1 Å². The van der Waals surface area contributed by atoms with Gasteiger partial charge in [-0.2, -0.15) is 9.97 Å². The van der Waals surface area contributed by atoms with E-state index < -0.39 is 11.6 Å². The van der Waals surface area contributed by atoms with Crippen LogP contribution in [0.15, 0.2) is 36.4 Å². The number of nitrogens with zero attached hydrogens (tertiary/aromatic N) is 5. The van der Waals surface area contributed by atoms with Crippen molar-refractivity contribution in [1.82, 2.24) is 25.1 Å². The number of phenols is 1. The van der Waals surface area contributed by atoms with Gasteiger partial charge in [-0.15, -0.1) is 6.42 Å². The SMILES string of the molecule is C#Cc1cccc2cc(O)cc(-c3c(F)cc4c(N5CC6CCC(C5)N6)nc(OCC5(CN6CC[C@H](N(C)C(C)=O)C6)CC5)nc4c3F)c12. The molecule has 1 saturated carbocycles. The lowest BCUT2D eigenvalue weighted by Gasteiger charge is -2.34. The number of carbonyl (C=O) groups excluding carboxylic acids is 1. The summed E-state index contributed by atoms with van der Waals surface area (Å²) in [6.45, 7) is 5.86. The van der Waals surface area contributed by atoms with Crippen LogP contribution in [0.1, 0.15) is 44.6 Å². The number of aromatic nitrogens is 2. The second-order valence-electron chi connectivity index (χ2n) is 14.5. The Hall–Kier alpha value is -4.53. The zero-order chi connectivity index (χ0) is 34.0. The Morgan fingerprint density at radius 2 is 1.92 bits per heavy atom. The highest BCUT2D eigenvalue weighted by molar-refractivity contribution is 6.04. The van der Waals surface area contributed by atoms with Crippen LogP contribution in [-0.2, 0) is 4.79 Å². The number of amides is 1. The number of nitrogens with one attached hydrogen (secondary N) is 1. The van der Waals surface area contributed by atoms with Crippen molar-refractivity contribution in [2.45, 2.75) is 57.2 Å². The van der Waals surface area contributed by atoms with E-state index in [1.807, 2.05) is 11.9 Å². The molecule has 4 aliphatic rings. The monoisotopic (exact) mass is 666 g/mol. The van der Waals surface area contributed by atoms with Gasteiger partial charge < -0.3 is 29.9 Å². The fourth-order valence-electron chi connectivity index (χ4n) is 8.16. The Labute approximate surface area is 284 Å². The highest BCUT2D eigenvalue weighted by Crippen LogP contribution is 2.47. The molecule has 3 aliphatic heterocycles. The molecule has 2 bridgehead atoms. The van der Waals surface area contributed by atoms with E-state index in [0.717, 1.165) is 51.7 Å². The van der Waals surface area contributed by atoms with Crippen LogP contribution in [0.5, 0.6) is 11.8 Å². The van der Waals surface area contributed by atoms with Gasteiger partial charge in [-0.05, 0) is 61.8 Å². The first-order valence-corrected chi connectivity index (χ1v) is 17.1. The highest BCUT2D eigenvalue weighted by atomic mass is 19.1. The molecular weight excluding hydrogens is 626 g/mol. The number of hydrogen-bond acceptors (Lipinski definition) is 8. The van der Waals surface area contributed by atoms with Crippen molar-refractivity contribution in [1.29, 1.82) is 0 Å².